The molecule has 1 aromatic heterocycles. The van der Waals surface area contributed by atoms with Gasteiger partial charge in [0.25, 0.3) is 0 Å². The number of benzene rings is 6. The average molecular weight is 631 g/mol. The summed E-state index contributed by atoms with van der Waals surface area (Å²) in [7, 11) is 0. The summed E-state index contributed by atoms with van der Waals surface area (Å²) >= 11 is 0. The third-order valence-corrected chi connectivity index (χ3v) is 9.81. The smallest absolute Gasteiger partial charge is 0.161 e. The summed E-state index contributed by atoms with van der Waals surface area (Å²) in [5, 5.41) is 3.52. The van der Waals surface area contributed by atoms with Crippen LogP contribution in [0.15, 0.2) is 166 Å². The highest BCUT2D eigenvalue weighted by Crippen LogP contribution is 2.43. The topological polar surface area (TPSA) is 37.9 Å². The normalized spacial score (nSPS) is 15.8. The monoisotopic (exact) mass is 630 g/mol. The number of nitrogens with zero attached hydrogens (tertiary/aromatic N) is 2. The molecule has 1 aliphatic carbocycles. The summed E-state index contributed by atoms with van der Waals surface area (Å²) < 4.78 is 6.56. The third-order valence-electron chi connectivity index (χ3n) is 9.81. The van der Waals surface area contributed by atoms with Crippen LogP contribution in [0.4, 0.5) is 0 Å². The van der Waals surface area contributed by atoms with Crippen LogP contribution in [0.25, 0.3) is 55.8 Å². The van der Waals surface area contributed by atoms with Gasteiger partial charge < -0.3 is 4.42 Å². The summed E-state index contributed by atoms with van der Waals surface area (Å²) in [6, 6.07) is 49.3. The van der Waals surface area contributed by atoms with Gasteiger partial charge in [-0.05, 0) is 80.8 Å². The number of aliphatic imine (C=N–C) groups is 2. The SMILES string of the molecule is CC1CC=Cc2oc3ccc(-c4ccc5ccccc5c4)c(C4=NC(c5ccccc5)=CCC(c5ccc(-c6ccccc6)cc5)=N4)c3c21. The summed E-state index contributed by atoms with van der Waals surface area (Å²) in [6.45, 7) is 2.29. The minimum Gasteiger partial charge on any atom is -0.456 e. The predicted molar refractivity (Wildman–Crippen MR) is 205 cm³/mol. The molecule has 6 aromatic carbocycles. The fourth-order valence-corrected chi connectivity index (χ4v) is 7.30. The highest BCUT2D eigenvalue weighted by molar-refractivity contribution is 6.22. The van der Waals surface area contributed by atoms with Crippen LogP contribution in [0.3, 0.4) is 0 Å². The largest absolute Gasteiger partial charge is 0.456 e. The van der Waals surface area contributed by atoms with Crippen LogP contribution in [0.5, 0.6) is 0 Å². The minimum atomic E-state index is 0.302. The number of hydrogen-bond acceptors (Lipinski definition) is 3. The van der Waals surface area contributed by atoms with E-state index in [-0.39, 0.29) is 0 Å². The lowest BCUT2D eigenvalue weighted by Crippen LogP contribution is -2.08. The summed E-state index contributed by atoms with van der Waals surface area (Å²) in [4.78, 5) is 10.9. The quantitative estimate of drug-likeness (QED) is 0.186. The van der Waals surface area contributed by atoms with E-state index >= 15 is 0 Å². The molecule has 234 valence electrons. The number of furan rings is 1. The molecule has 9 rings (SSSR count). The van der Waals surface area contributed by atoms with E-state index in [1.165, 1.54) is 27.5 Å². The second-order valence-electron chi connectivity index (χ2n) is 12.9. The molecule has 0 bridgehead atoms. The van der Waals surface area contributed by atoms with Gasteiger partial charge >= 0.3 is 0 Å². The van der Waals surface area contributed by atoms with Gasteiger partial charge in [-0.3, -0.25) is 0 Å². The van der Waals surface area contributed by atoms with E-state index < -0.39 is 0 Å². The van der Waals surface area contributed by atoms with Crippen molar-refractivity contribution in [3.05, 3.63) is 180 Å². The van der Waals surface area contributed by atoms with E-state index in [2.05, 4.69) is 159 Å². The van der Waals surface area contributed by atoms with Crippen molar-refractivity contribution in [3.8, 4) is 22.3 Å². The molecule has 49 heavy (non-hydrogen) atoms. The van der Waals surface area contributed by atoms with Gasteiger partial charge in [-0.15, -0.1) is 0 Å². The van der Waals surface area contributed by atoms with Crippen molar-refractivity contribution in [1.29, 1.82) is 0 Å². The average Bonchev–Trinajstić information content (AvgIpc) is 3.41. The van der Waals surface area contributed by atoms with E-state index in [0.717, 1.165) is 62.4 Å². The Morgan fingerprint density at radius 1 is 0.612 bits per heavy atom. The summed E-state index contributed by atoms with van der Waals surface area (Å²) in [5.41, 5.74) is 11.8. The van der Waals surface area contributed by atoms with E-state index in [0.29, 0.717) is 18.2 Å². The molecule has 3 heteroatoms. The first-order valence-corrected chi connectivity index (χ1v) is 17.0. The van der Waals surface area contributed by atoms with Crippen molar-refractivity contribution in [1.82, 2.24) is 0 Å². The Bertz CT molecular complexity index is 2480. The van der Waals surface area contributed by atoms with E-state index in [1.54, 1.807) is 0 Å². The van der Waals surface area contributed by atoms with Crippen LogP contribution in [0.2, 0.25) is 0 Å². The zero-order valence-corrected chi connectivity index (χ0v) is 27.3. The molecule has 0 saturated carbocycles. The van der Waals surface area contributed by atoms with Crippen molar-refractivity contribution < 1.29 is 4.42 Å². The first-order valence-electron chi connectivity index (χ1n) is 17.0. The van der Waals surface area contributed by atoms with Crippen LogP contribution < -0.4 is 0 Å². The zero-order valence-electron chi connectivity index (χ0n) is 27.3. The Morgan fingerprint density at radius 3 is 2.08 bits per heavy atom. The Morgan fingerprint density at radius 2 is 1.29 bits per heavy atom. The molecule has 7 aromatic rings. The summed E-state index contributed by atoms with van der Waals surface area (Å²) in [5.74, 6) is 1.93. The molecule has 0 N–H and O–H groups in total. The van der Waals surface area contributed by atoms with Gasteiger partial charge in [0.1, 0.15) is 11.3 Å². The lowest BCUT2D eigenvalue weighted by Gasteiger charge is -2.17. The lowest BCUT2D eigenvalue weighted by atomic mass is 9.86. The zero-order chi connectivity index (χ0) is 32.7. The molecule has 1 aliphatic heterocycles. The number of allylic oxidation sites excluding steroid dienone is 2. The van der Waals surface area contributed by atoms with Crippen molar-refractivity contribution in [3.63, 3.8) is 0 Å². The highest BCUT2D eigenvalue weighted by atomic mass is 16.3. The standard InChI is InChI=1S/C46H34N2O/c1-30-11-10-18-41-43(30)45-42(49-41)28-25-38(37-24-21-32-14-8-9-17-36(32)29-37)44(45)46-47-39(34-15-6-3-7-16-34)26-27-40(48-46)35-22-19-33(20-23-35)31-12-4-2-5-13-31/h2-10,12-26,28-30H,11,27H2,1H3. The second-order valence-corrected chi connectivity index (χ2v) is 12.9. The molecule has 0 saturated heterocycles. The highest BCUT2D eigenvalue weighted by Gasteiger charge is 2.28. The molecular weight excluding hydrogens is 597 g/mol. The van der Waals surface area contributed by atoms with Crippen LogP contribution in [0.1, 0.15) is 53.7 Å². The van der Waals surface area contributed by atoms with E-state index in [9.17, 15) is 0 Å². The first kappa shape index (κ1) is 29.1. The van der Waals surface area contributed by atoms with Crippen LogP contribution >= 0.6 is 0 Å². The van der Waals surface area contributed by atoms with Gasteiger partial charge in [0.2, 0.25) is 0 Å². The van der Waals surface area contributed by atoms with Crippen molar-refractivity contribution in [2.45, 2.75) is 25.7 Å². The Hall–Kier alpha value is -6.06. The maximum atomic E-state index is 6.56. The van der Waals surface area contributed by atoms with Crippen LogP contribution in [-0.4, -0.2) is 11.5 Å². The van der Waals surface area contributed by atoms with Gasteiger partial charge in [-0.1, -0.05) is 140 Å². The van der Waals surface area contributed by atoms with Gasteiger partial charge in [0.05, 0.1) is 11.4 Å². The molecule has 0 spiro atoms. The van der Waals surface area contributed by atoms with Crippen molar-refractivity contribution >= 4 is 45.1 Å². The molecule has 0 amide bonds. The molecule has 0 fully saturated rings. The van der Waals surface area contributed by atoms with Crippen LogP contribution in [-0.2, 0) is 0 Å². The van der Waals surface area contributed by atoms with Gasteiger partial charge in [0, 0.05) is 22.9 Å². The van der Waals surface area contributed by atoms with E-state index in [4.69, 9.17) is 14.4 Å². The fraction of sp³-hybridized carbons (Fsp3) is 0.0870. The molecule has 2 heterocycles. The van der Waals surface area contributed by atoms with E-state index in [1.807, 2.05) is 6.07 Å². The van der Waals surface area contributed by atoms with Gasteiger partial charge in [0.15, 0.2) is 5.84 Å². The first-order chi connectivity index (χ1) is 24.2. The molecule has 3 nitrogen and oxygen atoms in total. The van der Waals surface area contributed by atoms with Gasteiger partial charge in [-0.2, -0.15) is 0 Å². The predicted octanol–water partition coefficient (Wildman–Crippen LogP) is 12.1. The third kappa shape index (κ3) is 5.34. The molecular formula is C46H34N2O. The molecule has 1 atom stereocenters. The maximum Gasteiger partial charge on any atom is 0.161 e. The minimum absolute atomic E-state index is 0.302. The lowest BCUT2D eigenvalue weighted by molar-refractivity contribution is 0.586. The summed E-state index contributed by atoms with van der Waals surface area (Å²) in [6.07, 6.45) is 8.19. The molecule has 0 radical (unpaired) electrons. The fourth-order valence-electron chi connectivity index (χ4n) is 7.30. The van der Waals surface area contributed by atoms with Crippen molar-refractivity contribution in [2.24, 2.45) is 9.98 Å². The second kappa shape index (κ2) is 12.2. The Kier molecular flexibility index (Phi) is 7.24. The Labute approximate surface area is 286 Å². The van der Waals surface area contributed by atoms with Crippen LogP contribution in [0, 0.1) is 0 Å². The van der Waals surface area contributed by atoms with Gasteiger partial charge in [-0.25, -0.2) is 9.98 Å². The number of rotatable bonds is 5. The number of hydrogen-bond donors (Lipinski definition) is 0. The number of fused-ring (bicyclic) bond motifs is 4. The Balaban J connectivity index is 1.30. The maximum absolute atomic E-state index is 6.56. The number of amidine groups is 1. The van der Waals surface area contributed by atoms with Crippen molar-refractivity contribution in [2.75, 3.05) is 0 Å². The molecule has 1 unspecified atom stereocenters. The molecule has 2 aliphatic rings.